The number of fused-ring (bicyclic) bond motifs is 3. The minimum Gasteiger partial charge on any atom is -0.494 e. The first-order valence-corrected chi connectivity index (χ1v) is 12.6. The summed E-state index contributed by atoms with van der Waals surface area (Å²) in [7, 11) is 5.74. The van der Waals surface area contributed by atoms with Gasteiger partial charge in [-0.25, -0.2) is 4.98 Å². The van der Waals surface area contributed by atoms with Gasteiger partial charge in [-0.05, 0) is 57.7 Å². The Morgan fingerprint density at radius 3 is 2.29 bits per heavy atom. The predicted molar refractivity (Wildman–Crippen MR) is 141 cm³/mol. The zero-order valence-electron chi connectivity index (χ0n) is 20.4. The summed E-state index contributed by atoms with van der Waals surface area (Å²) in [6, 6.07) is 19.6. The fourth-order valence-corrected chi connectivity index (χ4v) is 5.64. The van der Waals surface area contributed by atoms with Crippen LogP contribution in [0.25, 0.3) is 10.2 Å². The summed E-state index contributed by atoms with van der Waals surface area (Å²) in [5.74, 6) is 1.70. The molecule has 0 N–H and O–H groups in total. The average molecular weight is 488 g/mol. The van der Waals surface area contributed by atoms with Crippen molar-refractivity contribution in [2.24, 2.45) is 0 Å². The Hall–Kier alpha value is -3.42. The molecule has 5 rings (SSSR count). The normalized spacial score (nSPS) is 12.8. The van der Waals surface area contributed by atoms with Crippen LogP contribution >= 0.6 is 11.3 Å². The number of methoxy groups -OCH3 is 1. The highest BCUT2D eigenvalue weighted by atomic mass is 32.1. The Morgan fingerprint density at radius 1 is 1.00 bits per heavy atom. The number of rotatable bonds is 7. The molecule has 7 heteroatoms. The monoisotopic (exact) mass is 487 g/mol. The lowest BCUT2D eigenvalue weighted by Gasteiger charge is -2.31. The van der Waals surface area contributed by atoms with E-state index in [4.69, 9.17) is 14.5 Å². The Labute approximate surface area is 209 Å². The molecular formula is C28H29N3O3S. The number of hydrogen-bond acceptors (Lipinski definition) is 6. The molecule has 0 saturated carbocycles. The number of aryl methyl sites for hydroxylation is 1. The van der Waals surface area contributed by atoms with E-state index in [-0.39, 0.29) is 5.91 Å². The standard InChI is InChI=1S/C28H29N3O3S/c1-18-14-15-23(33-4)25-26(18)35-28(29-25)31(17-9-16-30(2)3)27(32)24-19-10-5-7-12-21(19)34-22-13-8-6-11-20(22)24/h5-8,10-15,24H,9,16-17H2,1-4H3. The van der Waals surface area contributed by atoms with Crippen LogP contribution < -0.4 is 14.4 Å². The van der Waals surface area contributed by atoms with Crippen LogP contribution in [0.15, 0.2) is 60.7 Å². The molecule has 1 amide bonds. The van der Waals surface area contributed by atoms with Gasteiger partial charge < -0.3 is 14.4 Å². The van der Waals surface area contributed by atoms with Crippen LogP contribution in [-0.2, 0) is 4.79 Å². The number of ether oxygens (including phenoxy) is 2. The van der Waals surface area contributed by atoms with Crippen molar-refractivity contribution in [1.29, 1.82) is 0 Å². The summed E-state index contributed by atoms with van der Waals surface area (Å²) in [5.41, 5.74) is 3.67. The number of amides is 1. The lowest BCUT2D eigenvalue weighted by atomic mass is 9.87. The summed E-state index contributed by atoms with van der Waals surface area (Å²) < 4.78 is 12.8. The molecule has 0 atom stereocenters. The third kappa shape index (κ3) is 4.37. The molecule has 35 heavy (non-hydrogen) atoms. The first kappa shape index (κ1) is 23.3. The Bertz CT molecular complexity index is 1340. The van der Waals surface area contributed by atoms with Crippen molar-refractivity contribution in [3.63, 3.8) is 0 Å². The summed E-state index contributed by atoms with van der Waals surface area (Å²) in [6.45, 7) is 3.50. The molecule has 0 unspecified atom stereocenters. The molecule has 0 radical (unpaired) electrons. The van der Waals surface area contributed by atoms with Crippen molar-refractivity contribution < 1.29 is 14.3 Å². The van der Waals surface area contributed by atoms with Gasteiger partial charge in [-0.1, -0.05) is 53.8 Å². The van der Waals surface area contributed by atoms with E-state index in [0.717, 1.165) is 57.1 Å². The molecule has 0 saturated heterocycles. The fraction of sp³-hybridized carbons (Fsp3) is 0.286. The summed E-state index contributed by atoms with van der Waals surface area (Å²) in [6.07, 6.45) is 0.831. The number of benzene rings is 3. The molecule has 180 valence electrons. The number of aromatic nitrogens is 1. The van der Waals surface area contributed by atoms with Gasteiger partial charge in [0.25, 0.3) is 0 Å². The van der Waals surface area contributed by atoms with E-state index in [1.54, 1.807) is 18.4 Å². The van der Waals surface area contributed by atoms with Crippen LogP contribution in [0, 0.1) is 6.92 Å². The van der Waals surface area contributed by atoms with E-state index >= 15 is 0 Å². The van der Waals surface area contributed by atoms with Gasteiger partial charge in [0.2, 0.25) is 5.91 Å². The van der Waals surface area contributed by atoms with Crippen LogP contribution in [0.5, 0.6) is 17.2 Å². The molecule has 0 bridgehead atoms. The summed E-state index contributed by atoms with van der Waals surface area (Å²) in [5, 5.41) is 0.692. The van der Waals surface area contributed by atoms with E-state index < -0.39 is 5.92 Å². The van der Waals surface area contributed by atoms with Gasteiger partial charge in [0, 0.05) is 17.7 Å². The minimum atomic E-state index is -0.467. The van der Waals surface area contributed by atoms with Crippen LogP contribution in [0.3, 0.4) is 0 Å². The second-order valence-electron chi connectivity index (χ2n) is 9.02. The van der Waals surface area contributed by atoms with Gasteiger partial charge in [0.15, 0.2) is 5.13 Å². The van der Waals surface area contributed by atoms with Crippen molar-refractivity contribution in [2.75, 3.05) is 39.2 Å². The first-order chi connectivity index (χ1) is 17.0. The smallest absolute Gasteiger partial charge is 0.241 e. The topological polar surface area (TPSA) is 54.9 Å². The van der Waals surface area contributed by atoms with Gasteiger partial charge >= 0.3 is 0 Å². The molecule has 3 aromatic carbocycles. The molecule has 2 heterocycles. The molecule has 1 aromatic heterocycles. The van der Waals surface area contributed by atoms with Gasteiger partial charge in [-0.15, -0.1) is 0 Å². The molecule has 1 aliphatic heterocycles. The minimum absolute atomic E-state index is 0.00244. The van der Waals surface area contributed by atoms with Gasteiger partial charge in [0.05, 0.1) is 17.7 Å². The SMILES string of the molecule is COc1ccc(C)c2sc(N(CCCN(C)C)C(=O)C3c4ccccc4Oc4ccccc43)nc12. The molecule has 4 aromatic rings. The van der Waals surface area contributed by atoms with Crippen molar-refractivity contribution in [2.45, 2.75) is 19.3 Å². The van der Waals surface area contributed by atoms with Gasteiger partial charge in [-0.3, -0.25) is 9.69 Å². The maximum Gasteiger partial charge on any atom is 0.241 e. The average Bonchev–Trinajstić information content (AvgIpc) is 3.31. The largest absolute Gasteiger partial charge is 0.494 e. The number of para-hydroxylation sites is 2. The third-order valence-electron chi connectivity index (χ3n) is 6.32. The quantitative estimate of drug-likeness (QED) is 0.328. The molecule has 6 nitrogen and oxygen atoms in total. The number of anilines is 1. The second-order valence-corrected chi connectivity index (χ2v) is 9.99. The Balaban J connectivity index is 1.61. The number of thiazole rings is 1. The zero-order chi connectivity index (χ0) is 24.5. The van der Waals surface area contributed by atoms with Crippen LogP contribution in [0.1, 0.15) is 29.0 Å². The lowest BCUT2D eigenvalue weighted by molar-refractivity contribution is -0.119. The number of carbonyl (C=O) groups is 1. The van der Waals surface area contributed by atoms with Crippen LogP contribution in [0.2, 0.25) is 0 Å². The second kappa shape index (κ2) is 9.68. The van der Waals surface area contributed by atoms with E-state index in [1.807, 2.05) is 79.7 Å². The molecule has 1 aliphatic rings. The van der Waals surface area contributed by atoms with Gasteiger partial charge in [0.1, 0.15) is 22.8 Å². The van der Waals surface area contributed by atoms with E-state index in [1.165, 1.54) is 0 Å². The Morgan fingerprint density at radius 2 is 1.66 bits per heavy atom. The third-order valence-corrected chi connectivity index (χ3v) is 7.54. The highest BCUT2D eigenvalue weighted by molar-refractivity contribution is 7.22. The highest BCUT2D eigenvalue weighted by Crippen LogP contribution is 2.46. The van der Waals surface area contributed by atoms with Crippen molar-refractivity contribution >= 4 is 32.6 Å². The maximum atomic E-state index is 14.4. The molecular weight excluding hydrogens is 458 g/mol. The van der Waals surface area contributed by atoms with Crippen LogP contribution in [0.4, 0.5) is 5.13 Å². The van der Waals surface area contributed by atoms with E-state index in [0.29, 0.717) is 11.7 Å². The van der Waals surface area contributed by atoms with E-state index in [9.17, 15) is 4.79 Å². The molecule has 0 spiro atoms. The van der Waals surface area contributed by atoms with Crippen molar-refractivity contribution in [1.82, 2.24) is 9.88 Å². The zero-order valence-corrected chi connectivity index (χ0v) is 21.3. The number of nitrogens with zero attached hydrogens (tertiary/aromatic N) is 3. The predicted octanol–water partition coefficient (Wildman–Crippen LogP) is 5.84. The van der Waals surface area contributed by atoms with Crippen molar-refractivity contribution in [3.8, 4) is 17.2 Å². The van der Waals surface area contributed by atoms with E-state index in [2.05, 4.69) is 11.8 Å². The maximum absolute atomic E-state index is 14.4. The van der Waals surface area contributed by atoms with Crippen LogP contribution in [-0.4, -0.2) is 50.1 Å². The highest BCUT2D eigenvalue weighted by Gasteiger charge is 2.36. The summed E-state index contributed by atoms with van der Waals surface area (Å²) >= 11 is 1.54. The number of hydrogen-bond donors (Lipinski definition) is 0. The van der Waals surface area contributed by atoms with Crippen molar-refractivity contribution in [3.05, 3.63) is 77.4 Å². The molecule has 0 fully saturated rings. The fourth-order valence-electron chi connectivity index (χ4n) is 4.56. The lowest BCUT2D eigenvalue weighted by Crippen LogP contribution is -2.38. The first-order valence-electron chi connectivity index (χ1n) is 11.7. The number of carbonyl (C=O) groups excluding carboxylic acids is 1. The van der Waals surface area contributed by atoms with Gasteiger partial charge in [-0.2, -0.15) is 0 Å². The summed E-state index contributed by atoms with van der Waals surface area (Å²) in [4.78, 5) is 23.3. The Kier molecular flexibility index (Phi) is 6.45. The molecule has 0 aliphatic carbocycles.